The molecule has 4 rings (SSSR count). The number of nitrogens with zero attached hydrogens (tertiary/aromatic N) is 2. The van der Waals surface area contributed by atoms with Gasteiger partial charge in [0.15, 0.2) is 17.6 Å². The summed E-state index contributed by atoms with van der Waals surface area (Å²) in [5.74, 6) is 2.05. The maximum atomic E-state index is 12.3. The van der Waals surface area contributed by atoms with Crippen molar-refractivity contribution in [1.29, 1.82) is 0 Å². The molecule has 0 radical (unpaired) electrons. The molecule has 2 heterocycles. The first-order valence-corrected chi connectivity index (χ1v) is 9.99. The Balaban J connectivity index is 1.28. The number of urea groups is 1. The number of hydrogen-bond donors (Lipinski definition) is 1. The number of fused-ring (bicyclic) bond motifs is 1. The normalized spacial score (nSPS) is 18.9. The summed E-state index contributed by atoms with van der Waals surface area (Å²) in [6, 6.07) is 15.5. The van der Waals surface area contributed by atoms with E-state index in [0.29, 0.717) is 31.3 Å². The Labute approximate surface area is 171 Å². The fourth-order valence-corrected chi connectivity index (χ4v) is 3.35. The van der Waals surface area contributed by atoms with E-state index < -0.39 is 0 Å². The third-order valence-electron chi connectivity index (χ3n) is 5.15. The number of rotatable bonds is 5. The number of amides is 2. The molecule has 2 aliphatic heterocycles. The van der Waals surface area contributed by atoms with Crippen LogP contribution in [0.3, 0.4) is 0 Å². The summed E-state index contributed by atoms with van der Waals surface area (Å²) in [4.78, 5) is 16.4. The van der Waals surface area contributed by atoms with Gasteiger partial charge < -0.3 is 29.3 Å². The Hall–Kier alpha value is -2.93. The largest absolute Gasteiger partial charge is 0.489 e. The van der Waals surface area contributed by atoms with Crippen LogP contribution in [0.1, 0.15) is 5.56 Å². The molecule has 2 aliphatic rings. The van der Waals surface area contributed by atoms with E-state index in [1.54, 1.807) is 0 Å². The average molecular weight is 397 g/mol. The van der Waals surface area contributed by atoms with E-state index in [9.17, 15) is 4.79 Å². The van der Waals surface area contributed by atoms with E-state index >= 15 is 0 Å². The lowest BCUT2D eigenvalue weighted by Gasteiger charge is -2.33. The summed E-state index contributed by atoms with van der Waals surface area (Å²) in [5.41, 5.74) is 1.10. The van der Waals surface area contributed by atoms with Crippen molar-refractivity contribution in [2.75, 3.05) is 46.4 Å². The van der Waals surface area contributed by atoms with Crippen LogP contribution in [0, 0.1) is 0 Å². The molecule has 1 atom stereocenters. The summed E-state index contributed by atoms with van der Waals surface area (Å²) in [5, 5.41) is 2.96. The molecule has 7 heteroatoms. The third kappa shape index (κ3) is 5.12. The minimum absolute atomic E-state index is 0.0487. The molecule has 0 aromatic heterocycles. The van der Waals surface area contributed by atoms with E-state index in [4.69, 9.17) is 14.2 Å². The lowest BCUT2D eigenvalue weighted by Crippen LogP contribution is -2.52. The van der Waals surface area contributed by atoms with Crippen molar-refractivity contribution in [2.45, 2.75) is 12.7 Å². The van der Waals surface area contributed by atoms with Crippen molar-refractivity contribution in [2.24, 2.45) is 0 Å². The molecule has 1 saturated heterocycles. The predicted molar refractivity (Wildman–Crippen MR) is 110 cm³/mol. The maximum absolute atomic E-state index is 12.3. The predicted octanol–water partition coefficient (Wildman–Crippen LogP) is 2.36. The van der Waals surface area contributed by atoms with Crippen LogP contribution in [0.15, 0.2) is 48.5 Å². The minimum atomic E-state index is -0.233. The maximum Gasteiger partial charge on any atom is 0.317 e. The third-order valence-corrected chi connectivity index (χ3v) is 5.15. The van der Waals surface area contributed by atoms with Crippen molar-refractivity contribution in [3.05, 3.63) is 54.1 Å². The van der Waals surface area contributed by atoms with Crippen molar-refractivity contribution in [3.8, 4) is 17.2 Å². The Morgan fingerprint density at radius 3 is 2.69 bits per heavy atom. The highest BCUT2D eigenvalue weighted by atomic mass is 16.6. The Kier molecular flexibility index (Phi) is 6.05. The highest BCUT2D eigenvalue weighted by Crippen LogP contribution is 2.35. The summed E-state index contributed by atoms with van der Waals surface area (Å²) >= 11 is 0. The molecule has 2 aromatic carbocycles. The molecular weight excluding hydrogens is 370 g/mol. The lowest BCUT2D eigenvalue weighted by molar-refractivity contribution is 0.0880. The smallest absolute Gasteiger partial charge is 0.317 e. The standard InChI is InChI=1S/C22H27N3O4/c1-24-9-11-25(12-10-24)22(26)23-14-19-16-28-20-8-7-18(13-21(20)29-19)27-15-17-5-3-2-4-6-17/h2-8,13,19H,9-12,14-16H2,1H3,(H,23,26)/t19-/m1/s1. The number of hydrogen-bond acceptors (Lipinski definition) is 5. The van der Waals surface area contributed by atoms with Crippen molar-refractivity contribution in [3.63, 3.8) is 0 Å². The molecule has 0 bridgehead atoms. The van der Waals surface area contributed by atoms with Gasteiger partial charge in [-0.1, -0.05) is 30.3 Å². The van der Waals surface area contributed by atoms with Crippen LogP contribution in [0.5, 0.6) is 17.2 Å². The molecule has 29 heavy (non-hydrogen) atoms. The van der Waals surface area contributed by atoms with Gasteiger partial charge in [0.05, 0.1) is 6.54 Å². The molecule has 7 nitrogen and oxygen atoms in total. The van der Waals surface area contributed by atoms with Crippen LogP contribution < -0.4 is 19.5 Å². The number of nitrogens with one attached hydrogen (secondary N) is 1. The number of carbonyl (C=O) groups is 1. The summed E-state index contributed by atoms with van der Waals surface area (Å²) in [6.07, 6.45) is -0.233. The van der Waals surface area contributed by atoms with Crippen LogP contribution >= 0.6 is 0 Å². The van der Waals surface area contributed by atoms with Crippen molar-refractivity contribution < 1.29 is 19.0 Å². The van der Waals surface area contributed by atoms with Gasteiger partial charge in [0.25, 0.3) is 0 Å². The molecule has 2 amide bonds. The van der Waals surface area contributed by atoms with Crippen LogP contribution in [0.25, 0.3) is 0 Å². The fraction of sp³-hybridized carbons (Fsp3) is 0.409. The Morgan fingerprint density at radius 2 is 1.90 bits per heavy atom. The number of benzene rings is 2. The molecule has 0 unspecified atom stereocenters. The van der Waals surface area contributed by atoms with Gasteiger partial charge in [0.2, 0.25) is 0 Å². The average Bonchev–Trinajstić information content (AvgIpc) is 2.77. The van der Waals surface area contributed by atoms with Crippen LogP contribution in [-0.2, 0) is 6.61 Å². The number of ether oxygens (including phenoxy) is 3. The molecule has 1 N–H and O–H groups in total. The zero-order valence-corrected chi connectivity index (χ0v) is 16.7. The zero-order chi connectivity index (χ0) is 20.1. The van der Waals surface area contributed by atoms with Gasteiger partial charge in [-0.25, -0.2) is 4.79 Å². The first kappa shape index (κ1) is 19.4. The second-order valence-electron chi connectivity index (χ2n) is 7.41. The Morgan fingerprint density at radius 1 is 1.10 bits per heavy atom. The monoisotopic (exact) mass is 397 g/mol. The molecule has 154 valence electrons. The summed E-state index contributed by atoms with van der Waals surface area (Å²) in [7, 11) is 2.07. The van der Waals surface area contributed by atoms with Gasteiger partial charge in [-0.2, -0.15) is 0 Å². The van der Waals surface area contributed by atoms with E-state index in [0.717, 1.165) is 37.5 Å². The lowest BCUT2D eigenvalue weighted by atomic mass is 10.2. The van der Waals surface area contributed by atoms with Gasteiger partial charge in [-0.3, -0.25) is 0 Å². The first-order chi connectivity index (χ1) is 14.2. The van der Waals surface area contributed by atoms with E-state index in [2.05, 4.69) is 17.3 Å². The van der Waals surface area contributed by atoms with Gasteiger partial charge in [0.1, 0.15) is 19.0 Å². The number of likely N-dealkylation sites (N-methyl/N-ethyl adjacent to an activating group) is 1. The van der Waals surface area contributed by atoms with Crippen molar-refractivity contribution >= 4 is 6.03 Å². The van der Waals surface area contributed by atoms with E-state index in [-0.39, 0.29) is 12.1 Å². The Bertz CT molecular complexity index is 822. The quantitative estimate of drug-likeness (QED) is 0.839. The molecule has 0 aliphatic carbocycles. The molecule has 0 saturated carbocycles. The second kappa shape index (κ2) is 9.05. The van der Waals surface area contributed by atoms with E-state index in [1.807, 2.05) is 53.4 Å². The van der Waals surface area contributed by atoms with E-state index in [1.165, 1.54) is 0 Å². The van der Waals surface area contributed by atoms with Gasteiger partial charge in [-0.05, 0) is 24.7 Å². The molecule has 2 aromatic rings. The highest BCUT2D eigenvalue weighted by Gasteiger charge is 2.24. The topological polar surface area (TPSA) is 63.3 Å². The molecular formula is C22H27N3O4. The SMILES string of the molecule is CN1CCN(C(=O)NC[C@@H]2COc3ccc(OCc4ccccc4)cc3O2)CC1. The van der Waals surface area contributed by atoms with Gasteiger partial charge >= 0.3 is 6.03 Å². The van der Waals surface area contributed by atoms with Gasteiger partial charge in [-0.15, -0.1) is 0 Å². The van der Waals surface area contributed by atoms with Crippen LogP contribution in [-0.4, -0.2) is 68.3 Å². The van der Waals surface area contributed by atoms with Gasteiger partial charge in [0, 0.05) is 32.2 Å². The van der Waals surface area contributed by atoms with Crippen LogP contribution in [0.2, 0.25) is 0 Å². The second-order valence-corrected chi connectivity index (χ2v) is 7.41. The fourth-order valence-electron chi connectivity index (χ4n) is 3.35. The summed E-state index contributed by atoms with van der Waals surface area (Å²) in [6.45, 7) is 4.58. The molecule has 1 fully saturated rings. The molecule has 0 spiro atoms. The summed E-state index contributed by atoms with van der Waals surface area (Å²) < 4.78 is 17.7. The number of piperazine rings is 1. The van der Waals surface area contributed by atoms with Crippen molar-refractivity contribution in [1.82, 2.24) is 15.1 Å². The first-order valence-electron chi connectivity index (χ1n) is 9.99. The highest BCUT2D eigenvalue weighted by molar-refractivity contribution is 5.74. The minimum Gasteiger partial charge on any atom is -0.489 e. The van der Waals surface area contributed by atoms with Crippen LogP contribution in [0.4, 0.5) is 4.79 Å². The zero-order valence-electron chi connectivity index (χ0n) is 16.7. The number of carbonyl (C=O) groups excluding carboxylic acids is 1.